The van der Waals surface area contributed by atoms with Crippen molar-refractivity contribution < 1.29 is 0 Å². The highest BCUT2D eigenvalue weighted by Crippen LogP contribution is 2.27. The molecule has 0 spiro atoms. The molecule has 20 heavy (non-hydrogen) atoms. The van der Waals surface area contributed by atoms with Crippen molar-refractivity contribution in [3.63, 3.8) is 0 Å². The van der Waals surface area contributed by atoms with Crippen LogP contribution in [0.5, 0.6) is 0 Å². The van der Waals surface area contributed by atoms with E-state index >= 15 is 0 Å². The summed E-state index contributed by atoms with van der Waals surface area (Å²) in [6.45, 7) is 0. The van der Waals surface area contributed by atoms with Gasteiger partial charge in [-0.05, 0) is 12.1 Å². The summed E-state index contributed by atoms with van der Waals surface area (Å²) in [6.07, 6.45) is 7.52. The van der Waals surface area contributed by atoms with E-state index in [4.69, 9.17) is 4.98 Å². The third-order valence-corrected chi connectivity index (χ3v) is 3.30. The maximum Gasteiger partial charge on any atom is 0.150 e. The predicted octanol–water partition coefficient (Wildman–Crippen LogP) is 3.19. The molecule has 96 valence electrons. The molecule has 0 unspecified atom stereocenters. The van der Waals surface area contributed by atoms with E-state index in [0.717, 1.165) is 22.7 Å². The van der Waals surface area contributed by atoms with Crippen LogP contribution in [0.3, 0.4) is 0 Å². The molecule has 0 radical (unpaired) electrons. The Morgan fingerprint density at radius 2 is 1.70 bits per heavy atom. The zero-order valence-corrected chi connectivity index (χ0v) is 10.7. The Hall–Kier alpha value is -2.88. The highest BCUT2D eigenvalue weighted by atomic mass is 15.2. The molecular formula is C16H12N4. The minimum absolute atomic E-state index is 0.926. The van der Waals surface area contributed by atoms with Gasteiger partial charge in [0.15, 0.2) is 5.82 Å². The second kappa shape index (κ2) is 4.35. The molecule has 0 aliphatic heterocycles. The first-order chi connectivity index (χ1) is 9.93. The Kier molecular flexibility index (Phi) is 2.39. The van der Waals surface area contributed by atoms with Crippen molar-refractivity contribution in [2.45, 2.75) is 0 Å². The van der Waals surface area contributed by atoms with Gasteiger partial charge in [0.1, 0.15) is 17.7 Å². The van der Waals surface area contributed by atoms with Gasteiger partial charge >= 0.3 is 0 Å². The van der Waals surface area contributed by atoms with Crippen LogP contribution in [0.25, 0.3) is 22.7 Å². The van der Waals surface area contributed by atoms with E-state index in [0.29, 0.717) is 0 Å². The topological polar surface area (TPSA) is 35.1 Å². The van der Waals surface area contributed by atoms with Crippen molar-refractivity contribution in [1.82, 2.24) is 18.9 Å². The quantitative estimate of drug-likeness (QED) is 0.555. The van der Waals surface area contributed by atoms with Crippen LogP contribution in [0.2, 0.25) is 0 Å². The highest BCUT2D eigenvalue weighted by Gasteiger charge is 2.14. The largest absolute Gasteiger partial charge is 0.290 e. The summed E-state index contributed by atoms with van der Waals surface area (Å²) in [4.78, 5) is 8.89. The van der Waals surface area contributed by atoms with Gasteiger partial charge in [-0.15, -0.1) is 0 Å². The zero-order valence-electron chi connectivity index (χ0n) is 10.7. The number of fused-ring (bicyclic) bond motifs is 1. The van der Waals surface area contributed by atoms with Crippen LogP contribution in [0.15, 0.2) is 73.4 Å². The molecule has 4 aromatic rings. The third kappa shape index (κ3) is 1.62. The Labute approximate surface area is 116 Å². The number of rotatable bonds is 2. The molecule has 4 nitrogen and oxygen atoms in total. The summed E-state index contributed by atoms with van der Waals surface area (Å²) in [7, 11) is 0. The van der Waals surface area contributed by atoms with Gasteiger partial charge in [0, 0.05) is 24.2 Å². The van der Waals surface area contributed by atoms with E-state index < -0.39 is 0 Å². The van der Waals surface area contributed by atoms with Gasteiger partial charge in [0.2, 0.25) is 0 Å². The summed E-state index contributed by atoms with van der Waals surface area (Å²) < 4.78 is 4.06. The van der Waals surface area contributed by atoms with Crippen LogP contribution in [0, 0.1) is 0 Å². The van der Waals surface area contributed by atoms with Gasteiger partial charge < -0.3 is 0 Å². The lowest BCUT2D eigenvalue weighted by Crippen LogP contribution is -1.97. The number of benzene rings is 1. The Bertz CT molecular complexity index is 845. The molecule has 3 aromatic heterocycles. The molecule has 0 fully saturated rings. The molecule has 0 amide bonds. The zero-order chi connectivity index (χ0) is 13.4. The van der Waals surface area contributed by atoms with Crippen LogP contribution in [0.1, 0.15) is 0 Å². The lowest BCUT2D eigenvalue weighted by molar-refractivity contribution is 0.969. The predicted molar refractivity (Wildman–Crippen MR) is 77.8 cm³/mol. The average molecular weight is 260 g/mol. The van der Waals surface area contributed by atoms with Crippen molar-refractivity contribution in [1.29, 1.82) is 0 Å². The van der Waals surface area contributed by atoms with Crippen LogP contribution in [0.4, 0.5) is 0 Å². The van der Waals surface area contributed by atoms with Crippen molar-refractivity contribution >= 4 is 5.65 Å². The molecule has 0 saturated carbocycles. The van der Waals surface area contributed by atoms with Crippen LogP contribution >= 0.6 is 0 Å². The van der Waals surface area contributed by atoms with Gasteiger partial charge in [-0.25, -0.2) is 9.97 Å². The number of hydrogen-bond acceptors (Lipinski definition) is 2. The van der Waals surface area contributed by atoms with Gasteiger partial charge in [-0.2, -0.15) is 0 Å². The summed E-state index contributed by atoms with van der Waals surface area (Å²) in [5.74, 6) is 1.00. The number of hydrogen-bond donors (Lipinski definition) is 0. The molecule has 0 saturated heterocycles. The molecule has 0 atom stereocenters. The standard InChI is InChI=1S/C16H12N4/c1-2-6-13(7-3-1)15-16(19-11-9-17-12-19)20-10-5-4-8-14(20)18-15/h1-12H. The van der Waals surface area contributed by atoms with Crippen molar-refractivity contribution in [3.05, 3.63) is 73.4 Å². The van der Waals surface area contributed by atoms with E-state index in [1.54, 1.807) is 12.5 Å². The van der Waals surface area contributed by atoms with E-state index in [9.17, 15) is 0 Å². The summed E-state index contributed by atoms with van der Waals surface area (Å²) in [6, 6.07) is 16.2. The SMILES string of the molecule is c1ccc(-c2nc3ccccn3c2-n2ccnc2)cc1. The number of aromatic nitrogens is 4. The molecule has 0 aliphatic rings. The minimum atomic E-state index is 0.926. The van der Waals surface area contributed by atoms with Crippen molar-refractivity contribution in [3.8, 4) is 17.1 Å². The van der Waals surface area contributed by atoms with Gasteiger partial charge in [-0.1, -0.05) is 36.4 Å². The smallest absolute Gasteiger partial charge is 0.150 e. The fraction of sp³-hybridized carbons (Fsp3) is 0. The second-order valence-corrected chi connectivity index (χ2v) is 4.55. The Morgan fingerprint density at radius 1 is 0.850 bits per heavy atom. The lowest BCUT2D eigenvalue weighted by atomic mass is 10.1. The molecule has 1 aromatic carbocycles. The number of nitrogens with zero attached hydrogens (tertiary/aromatic N) is 4. The van der Waals surface area contributed by atoms with Crippen molar-refractivity contribution in [2.75, 3.05) is 0 Å². The van der Waals surface area contributed by atoms with Crippen LogP contribution in [-0.2, 0) is 0 Å². The first kappa shape index (κ1) is 11.0. The fourth-order valence-electron chi connectivity index (χ4n) is 2.40. The normalized spacial score (nSPS) is 11.0. The maximum absolute atomic E-state index is 4.75. The maximum atomic E-state index is 4.75. The van der Waals surface area contributed by atoms with Gasteiger partial charge in [-0.3, -0.25) is 8.97 Å². The number of imidazole rings is 2. The molecule has 0 bridgehead atoms. The molecule has 3 heterocycles. The monoisotopic (exact) mass is 260 g/mol. The van der Waals surface area contributed by atoms with E-state index in [2.05, 4.69) is 21.5 Å². The van der Waals surface area contributed by atoms with Crippen LogP contribution in [-0.4, -0.2) is 18.9 Å². The first-order valence-corrected chi connectivity index (χ1v) is 6.44. The van der Waals surface area contributed by atoms with Crippen LogP contribution < -0.4 is 0 Å². The van der Waals surface area contributed by atoms with E-state index in [1.807, 2.05) is 53.4 Å². The highest BCUT2D eigenvalue weighted by molar-refractivity contribution is 5.71. The molecular weight excluding hydrogens is 248 g/mol. The molecule has 0 N–H and O–H groups in total. The second-order valence-electron chi connectivity index (χ2n) is 4.55. The summed E-state index contributed by atoms with van der Waals surface area (Å²) in [5, 5.41) is 0. The first-order valence-electron chi connectivity index (χ1n) is 6.44. The van der Waals surface area contributed by atoms with E-state index in [-0.39, 0.29) is 0 Å². The third-order valence-electron chi connectivity index (χ3n) is 3.30. The Balaban J connectivity index is 2.08. The molecule has 0 aliphatic carbocycles. The summed E-state index contributed by atoms with van der Waals surface area (Å²) >= 11 is 0. The minimum Gasteiger partial charge on any atom is -0.290 e. The van der Waals surface area contributed by atoms with Gasteiger partial charge in [0.05, 0.1) is 0 Å². The van der Waals surface area contributed by atoms with Gasteiger partial charge in [0.25, 0.3) is 0 Å². The lowest BCUT2D eigenvalue weighted by Gasteiger charge is -2.05. The molecule has 4 heteroatoms. The van der Waals surface area contributed by atoms with Crippen molar-refractivity contribution in [2.24, 2.45) is 0 Å². The number of pyridine rings is 1. The molecule has 4 rings (SSSR count). The summed E-state index contributed by atoms with van der Waals surface area (Å²) in [5.41, 5.74) is 2.98. The Morgan fingerprint density at radius 3 is 2.50 bits per heavy atom. The van der Waals surface area contributed by atoms with E-state index in [1.165, 1.54) is 0 Å². The fourth-order valence-corrected chi connectivity index (χ4v) is 2.40. The average Bonchev–Trinajstić information content (AvgIpc) is 3.14.